The molecule has 6 rings (SSSR count). The molecule has 15 heteroatoms. The normalized spacial score (nSPS) is 18.5. The average molecular weight is 661 g/mol. The van der Waals surface area contributed by atoms with E-state index >= 15 is 0 Å². The van der Waals surface area contributed by atoms with Gasteiger partial charge in [-0.15, -0.1) is 0 Å². The third kappa shape index (κ3) is 5.89. The molecule has 46 heavy (non-hydrogen) atoms. The number of rotatable bonds is 9. The molecule has 1 saturated heterocycles. The van der Waals surface area contributed by atoms with Crippen LogP contribution in [0.3, 0.4) is 0 Å². The fourth-order valence-electron chi connectivity index (χ4n) is 5.40. The highest BCUT2D eigenvalue weighted by Crippen LogP contribution is 2.53. The van der Waals surface area contributed by atoms with Gasteiger partial charge in [-0.1, -0.05) is 35.2 Å². The van der Waals surface area contributed by atoms with E-state index in [1.807, 2.05) is 0 Å². The molecule has 13 nitrogen and oxygen atoms in total. The van der Waals surface area contributed by atoms with E-state index in [1.165, 1.54) is 36.4 Å². The quantitative estimate of drug-likeness (QED) is 0.114. The molecule has 4 aromatic rings. The number of hydrogen-bond acceptors (Lipinski definition) is 11. The molecule has 1 fully saturated rings. The van der Waals surface area contributed by atoms with Crippen LogP contribution in [0, 0.1) is 16.0 Å². The molecule has 3 heterocycles. The highest BCUT2D eigenvalue weighted by atomic mass is 32.2. The van der Waals surface area contributed by atoms with Gasteiger partial charge in [0, 0.05) is 28.6 Å². The molecule has 0 radical (unpaired) electrons. The van der Waals surface area contributed by atoms with Crippen molar-refractivity contribution >= 4 is 63.9 Å². The van der Waals surface area contributed by atoms with Crippen LogP contribution in [0.4, 0.5) is 17.1 Å². The molecule has 0 spiro atoms. The van der Waals surface area contributed by atoms with Gasteiger partial charge in [0.2, 0.25) is 11.8 Å². The highest BCUT2D eigenvalue weighted by molar-refractivity contribution is 8.00. The van der Waals surface area contributed by atoms with Gasteiger partial charge in [-0.3, -0.25) is 29.3 Å². The zero-order chi connectivity index (χ0) is 32.5. The number of nitro benzene ring substituents is 1. The van der Waals surface area contributed by atoms with Gasteiger partial charge < -0.3 is 19.8 Å². The standard InChI is InChI=1S/C31H24N4O9S2/c1-2-43-30(39)16-6-8-18(9-7-16)32-22(36)15-44-21-5-3-4-17(14-21)23-24-26(45-27-25(23)46-31(40)33-27)29(38)34(28(24)37)19-10-12-20(13-11-19)35(41)42/h3-14,23-24,26H,2,15H2,1H3,(H,32,36)(H,33,40)/t23-,24-,26+/m0/s1. The molecule has 1 aromatic heterocycles. The van der Waals surface area contributed by atoms with Gasteiger partial charge >= 0.3 is 10.8 Å². The minimum absolute atomic E-state index is 0.176. The molecule has 2 aliphatic heterocycles. The molecule has 3 atom stereocenters. The molecule has 3 aromatic carbocycles. The van der Waals surface area contributed by atoms with Gasteiger partial charge in [-0.05, 0) is 61.0 Å². The van der Waals surface area contributed by atoms with E-state index in [2.05, 4.69) is 10.3 Å². The summed E-state index contributed by atoms with van der Waals surface area (Å²) >= 11 is 2.07. The van der Waals surface area contributed by atoms with Crippen LogP contribution in [-0.4, -0.2) is 52.1 Å². The number of anilines is 2. The van der Waals surface area contributed by atoms with Gasteiger partial charge in [0.25, 0.3) is 11.6 Å². The first-order chi connectivity index (χ1) is 22.1. The summed E-state index contributed by atoms with van der Waals surface area (Å²) in [6, 6.07) is 18.2. The van der Waals surface area contributed by atoms with E-state index in [4.69, 9.17) is 9.47 Å². The lowest BCUT2D eigenvalue weighted by Crippen LogP contribution is -2.32. The molecule has 2 N–H and O–H groups in total. The Morgan fingerprint density at radius 3 is 2.46 bits per heavy atom. The van der Waals surface area contributed by atoms with Crippen molar-refractivity contribution in [2.24, 2.45) is 5.92 Å². The van der Waals surface area contributed by atoms with E-state index in [-0.39, 0.29) is 29.5 Å². The van der Waals surface area contributed by atoms with Crippen molar-refractivity contribution in [2.75, 3.05) is 23.4 Å². The summed E-state index contributed by atoms with van der Waals surface area (Å²) < 4.78 is 10.7. The van der Waals surface area contributed by atoms with Crippen molar-refractivity contribution < 1.29 is 33.6 Å². The average Bonchev–Trinajstić information content (AvgIpc) is 3.54. The number of carbonyl (C=O) groups is 4. The minimum atomic E-state index is -0.872. The van der Waals surface area contributed by atoms with Crippen LogP contribution in [0.5, 0.6) is 5.75 Å². The first kappa shape index (κ1) is 30.7. The van der Waals surface area contributed by atoms with Crippen LogP contribution in [-0.2, 0) is 19.1 Å². The summed E-state index contributed by atoms with van der Waals surface area (Å²) in [5, 5.41) is 13.5. The summed E-state index contributed by atoms with van der Waals surface area (Å²) in [6.07, 6.45) is 0. The maximum atomic E-state index is 13.9. The van der Waals surface area contributed by atoms with Crippen LogP contribution in [0.15, 0.2) is 82.6 Å². The number of fused-ring (bicyclic) bond motifs is 2. The summed E-state index contributed by atoms with van der Waals surface area (Å²) in [5.74, 6) is -3.13. The zero-order valence-corrected chi connectivity index (χ0v) is 25.6. The van der Waals surface area contributed by atoms with Crippen LogP contribution in [0.25, 0.3) is 0 Å². The highest BCUT2D eigenvalue weighted by Gasteiger charge is 2.56. The number of imide groups is 1. The monoisotopic (exact) mass is 660 g/mol. The lowest BCUT2D eigenvalue weighted by atomic mass is 9.83. The summed E-state index contributed by atoms with van der Waals surface area (Å²) in [7, 11) is 0. The van der Waals surface area contributed by atoms with Crippen LogP contribution in [0.1, 0.15) is 33.6 Å². The van der Waals surface area contributed by atoms with Crippen molar-refractivity contribution in [1.82, 2.24) is 4.98 Å². The second-order valence-corrected chi connectivity index (χ2v) is 12.4. The second-order valence-electron chi connectivity index (χ2n) is 10.2. The third-order valence-corrected chi connectivity index (χ3v) is 9.81. The molecule has 0 saturated carbocycles. The topological polar surface area (TPSA) is 178 Å². The number of nitro groups is 1. The smallest absolute Gasteiger partial charge is 0.338 e. The fraction of sp³-hybridized carbons (Fsp3) is 0.194. The van der Waals surface area contributed by atoms with Crippen molar-refractivity contribution in [3.8, 4) is 5.75 Å². The number of thiazole rings is 1. The Morgan fingerprint density at radius 2 is 1.76 bits per heavy atom. The number of amides is 3. The Hall–Kier alpha value is -5.28. The first-order valence-corrected chi connectivity index (χ1v) is 15.7. The predicted molar refractivity (Wildman–Crippen MR) is 168 cm³/mol. The van der Waals surface area contributed by atoms with Gasteiger partial charge in [0.05, 0.1) is 33.7 Å². The molecular weight excluding hydrogens is 636 g/mol. The van der Waals surface area contributed by atoms with Crippen molar-refractivity contribution in [3.63, 3.8) is 0 Å². The predicted octanol–water partition coefficient (Wildman–Crippen LogP) is 4.33. The largest absolute Gasteiger partial charge is 0.484 e. The maximum absolute atomic E-state index is 13.9. The van der Waals surface area contributed by atoms with Crippen molar-refractivity contribution in [1.29, 1.82) is 0 Å². The van der Waals surface area contributed by atoms with E-state index in [0.29, 0.717) is 32.5 Å². The molecule has 0 unspecified atom stereocenters. The van der Waals surface area contributed by atoms with E-state index < -0.39 is 45.7 Å². The number of hydrogen-bond donors (Lipinski definition) is 2. The number of carbonyl (C=O) groups excluding carboxylic acids is 4. The molecular formula is C31H24N4O9S2. The number of nitrogens with one attached hydrogen (secondary N) is 2. The maximum Gasteiger partial charge on any atom is 0.338 e. The fourth-order valence-corrected chi connectivity index (χ4v) is 7.92. The van der Waals surface area contributed by atoms with E-state index in [9.17, 15) is 34.1 Å². The second kappa shape index (κ2) is 12.6. The number of aromatic nitrogens is 1. The summed E-state index contributed by atoms with van der Waals surface area (Å²) in [6.45, 7) is 1.61. The lowest BCUT2D eigenvalue weighted by Gasteiger charge is -2.30. The third-order valence-electron chi connectivity index (χ3n) is 7.41. The van der Waals surface area contributed by atoms with Crippen molar-refractivity contribution in [3.05, 3.63) is 109 Å². The number of aromatic amines is 1. The lowest BCUT2D eigenvalue weighted by molar-refractivity contribution is -0.384. The van der Waals surface area contributed by atoms with E-state index in [1.54, 1.807) is 43.3 Å². The number of benzene rings is 3. The Labute approximate surface area is 268 Å². The Morgan fingerprint density at radius 1 is 1.02 bits per heavy atom. The molecule has 3 amide bonds. The van der Waals surface area contributed by atoms with Crippen molar-refractivity contribution in [2.45, 2.75) is 23.1 Å². The Kier molecular flexibility index (Phi) is 8.42. The van der Waals surface area contributed by atoms with Gasteiger partial charge in [-0.25, -0.2) is 9.69 Å². The number of nitrogens with zero attached hydrogens (tertiary/aromatic N) is 2. The SMILES string of the molecule is CCOC(=O)c1ccc(NC(=O)COc2cccc([C@@H]3c4sc(=O)[nH]c4S[C@H]4C(=O)N(c5ccc([N+](=O)[O-])cc5)C(=O)[C@@H]34)c2)cc1. The van der Waals surface area contributed by atoms with Crippen LogP contribution < -0.4 is 19.8 Å². The number of esters is 1. The Bertz CT molecular complexity index is 1920. The minimum Gasteiger partial charge on any atom is -0.484 e. The number of ether oxygens (including phenoxy) is 2. The number of H-pyrrole nitrogens is 1. The molecule has 234 valence electrons. The summed E-state index contributed by atoms with van der Waals surface area (Å²) in [5.41, 5.74) is 1.45. The van der Waals surface area contributed by atoms with Gasteiger partial charge in [-0.2, -0.15) is 0 Å². The number of thioether (sulfide) groups is 1. The van der Waals surface area contributed by atoms with Crippen LogP contribution >= 0.6 is 23.1 Å². The van der Waals surface area contributed by atoms with E-state index in [0.717, 1.165) is 28.0 Å². The van der Waals surface area contributed by atoms with Crippen LogP contribution in [0.2, 0.25) is 0 Å². The summed E-state index contributed by atoms with van der Waals surface area (Å²) in [4.78, 5) is 79.0. The zero-order valence-electron chi connectivity index (χ0n) is 24.0. The first-order valence-electron chi connectivity index (χ1n) is 14.0. The Balaban J connectivity index is 1.22. The molecule has 2 aliphatic rings. The molecule has 0 bridgehead atoms. The van der Waals surface area contributed by atoms with Gasteiger partial charge in [0.1, 0.15) is 11.0 Å². The number of non-ortho nitro benzene ring substituents is 1. The molecule has 0 aliphatic carbocycles. The van der Waals surface area contributed by atoms with Gasteiger partial charge in [0.15, 0.2) is 6.61 Å².